The number of carbonyl (C=O) groups is 1. The number of nitrogens with one attached hydrogen (secondary N) is 1. The number of hydrogen-bond acceptors (Lipinski definition) is 4. The monoisotopic (exact) mass is 286 g/mol. The highest BCUT2D eigenvalue weighted by atomic mass is 19.1. The molecule has 1 aliphatic rings. The second kappa shape index (κ2) is 5.87. The molecule has 2 aromatic rings. The highest BCUT2D eigenvalue weighted by Gasteiger charge is 2.15. The van der Waals surface area contributed by atoms with E-state index in [1.807, 2.05) is 0 Å². The highest BCUT2D eigenvalue weighted by Crippen LogP contribution is 2.17. The van der Waals surface area contributed by atoms with E-state index in [0.717, 1.165) is 31.7 Å². The first kappa shape index (κ1) is 13.5. The van der Waals surface area contributed by atoms with Crippen LogP contribution in [0.15, 0.2) is 36.4 Å². The van der Waals surface area contributed by atoms with E-state index in [0.29, 0.717) is 5.69 Å². The van der Waals surface area contributed by atoms with E-state index in [1.165, 1.54) is 18.2 Å². The molecule has 0 saturated carbocycles. The van der Waals surface area contributed by atoms with Crippen LogP contribution in [0.3, 0.4) is 0 Å². The predicted molar refractivity (Wildman–Crippen MR) is 77.8 cm³/mol. The minimum Gasteiger partial charge on any atom is -0.355 e. The van der Waals surface area contributed by atoms with Crippen LogP contribution in [0.1, 0.15) is 23.3 Å². The van der Waals surface area contributed by atoms with Gasteiger partial charge in [-0.2, -0.15) is 0 Å². The normalized spacial score (nSPS) is 14.2. The third kappa shape index (κ3) is 3.16. The van der Waals surface area contributed by atoms with E-state index in [1.54, 1.807) is 18.2 Å². The van der Waals surface area contributed by atoms with Gasteiger partial charge in [-0.15, -0.1) is 10.2 Å². The number of anilines is 2. The maximum atomic E-state index is 13.1. The van der Waals surface area contributed by atoms with Crippen LogP contribution >= 0.6 is 0 Å². The van der Waals surface area contributed by atoms with Crippen LogP contribution in [0.2, 0.25) is 0 Å². The van der Waals surface area contributed by atoms with Gasteiger partial charge in [0, 0.05) is 18.8 Å². The molecular weight excluding hydrogens is 271 g/mol. The van der Waals surface area contributed by atoms with Crippen LogP contribution in [0.5, 0.6) is 0 Å². The van der Waals surface area contributed by atoms with Gasteiger partial charge in [-0.25, -0.2) is 4.39 Å². The SMILES string of the molecule is O=C(Nc1cccc(F)c1)c1ccc(N2CCCC2)nn1. The van der Waals surface area contributed by atoms with Gasteiger partial charge in [0.1, 0.15) is 5.82 Å². The van der Waals surface area contributed by atoms with E-state index < -0.39 is 11.7 Å². The molecule has 2 heterocycles. The average Bonchev–Trinajstić information content (AvgIpc) is 3.01. The maximum Gasteiger partial charge on any atom is 0.276 e. The Hall–Kier alpha value is -2.50. The summed E-state index contributed by atoms with van der Waals surface area (Å²) in [6, 6.07) is 9.15. The Bertz CT molecular complexity index is 638. The van der Waals surface area contributed by atoms with Gasteiger partial charge < -0.3 is 10.2 Å². The Kier molecular flexibility index (Phi) is 3.77. The van der Waals surface area contributed by atoms with Crippen molar-refractivity contribution in [2.75, 3.05) is 23.3 Å². The molecule has 1 N–H and O–H groups in total. The molecule has 1 aliphatic heterocycles. The number of carbonyl (C=O) groups excluding carboxylic acids is 1. The second-order valence-electron chi connectivity index (χ2n) is 4.94. The predicted octanol–water partition coefficient (Wildman–Crippen LogP) is 2.47. The first-order valence-corrected chi connectivity index (χ1v) is 6.88. The number of halogens is 1. The summed E-state index contributed by atoms with van der Waals surface area (Å²) in [4.78, 5) is 14.1. The van der Waals surface area contributed by atoms with Crippen LogP contribution in [0, 0.1) is 5.82 Å². The minimum absolute atomic E-state index is 0.210. The average molecular weight is 286 g/mol. The van der Waals surface area contributed by atoms with E-state index >= 15 is 0 Å². The minimum atomic E-state index is -0.402. The molecule has 21 heavy (non-hydrogen) atoms. The van der Waals surface area contributed by atoms with E-state index in [2.05, 4.69) is 20.4 Å². The molecule has 0 atom stereocenters. The van der Waals surface area contributed by atoms with Gasteiger partial charge in [0.25, 0.3) is 5.91 Å². The first-order chi connectivity index (χ1) is 10.2. The molecule has 1 fully saturated rings. The van der Waals surface area contributed by atoms with Crippen molar-refractivity contribution >= 4 is 17.4 Å². The Balaban J connectivity index is 1.70. The lowest BCUT2D eigenvalue weighted by Crippen LogP contribution is -2.21. The molecule has 108 valence electrons. The van der Waals surface area contributed by atoms with Crippen molar-refractivity contribution < 1.29 is 9.18 Å². The molecular formula is C15H15FN4O. The molecule has 3 rings (SSSR count). The Morgan fingerprint density at radius 1 is 1.14 bits per heavy atom. The molecule has 0 radical (unpaired) electrons. The molecule has 1 amide bonds. The maximum absolute atomic E-state index is 13.1. The summed E-state index contributed by atoms with van der Waals surface area (Å²) in [6.45, 7) is 1.95. The van der Waals surface area contributed by atoms with E-state index in [-0.39, 0.29) is 5.69 Å². The van der Waals surface area contributed by atoms with Crippen LogP contribution in [-0.4, -0.2) is 29.2 Å². The summed E-state index contributed by atoms with van der Waals surface area (Å²) in [5.41, 5.74) is 0.604. The van der Waals surface area contributed by atoms with Crippen molar-refractivity contribution in [3.8, 4) is 0 Å². The van der Waals surface area contributed by atoms with Crippen molar-refractivity contribution in [3.63, 3.8) is 0 Å². The Morgan fingerprint density at radius 2 is 1.95 bits per heavy atom. The van der Waals surface area contributed by atoms with E-state index in [9.17, 15) is 9.18 Å². The zero-order chi connectivity index (χ0) is 14.7. The highest BCUT2D eigenvalue weighted by molar-refractivity contribution is 6.02. The van der Waals surface area contributed by atoms with Gasteiger partial charge in [0.2, 0.25) is 0 Å². The van der Waals surface area contributed by atoms with Crippen LogP contribution in [-0.2, 0) is 0 Å². The summed E-state index contributed by atoms with van der Waals surface area (Å²) in [7, 11) is 0. The smallest absolute Gasteiger partial charge is 0.276 e. The molecule has 6 heteroatoms. The Labute approximate surface area is 121 Å². The lowest BCUT2D eigenvalue weighted by molar-refractivity contribution is 0.102. The number of amides is 1. The first-order valence-electron chi connectivity index (χ1n) is 6.88. The fourth-order valence-corrected chi connectivity index (χ4v) is 2.32. The molecule has 0 spiro atoms. The van der Waals surface area contributed by atoms with Gasteiger partial charge >= 0.3 is 0 Å². The fourth-order valence-electron chi connectivity index (χ4n) is 2.32. The molecule has 0 unspecified atom stereocenters. The number of benzene rings is 1. The quantitative estimate of drug-likeness (QED) is 0.941. The van der Waals surface area contributed by atoms with Gasteiger partial charge in [-0.1, -0.05) is 6.07 Å². The van der Waals surface area contributed by atoms with Crippen molar-refractivity contribution in [2.45, 2.75) is 12.8 Å². The topological polar surface area (TPSA) is 58.1 Å². The van der Waals surface area contributed by atoms with Crippen molar-refractivity contribution in [2.24, 2.45) is 0 Å². The number of hydrogen-bond donors (Lipinski definition) is 1. The number of nitrogens with zero attached hydrogens (tertiary/aromatic N) is 3. The molecule has 5 nitrogen and oxygen atoms in total. The lowest BCUT2D eigenvalue weighted by atomic mass is 10.3. The lowest BCUT2D eigenvalue weighted by Gasteiger charge is -2.15. The largest absolute Gasteiger partial charge is 0.355 e. The third-order valence-electron chi connectivity index (χ3n) is 3.40. The zero-order valence-corrected chi connectivity index (χ0v) is 11.4. The standard InChI is InChI=1S/C15H15FN4O/c16-11-4-3-5-12(10-11)17-15(21)13-6-7-14(19-18-13)20-8-1-2-9-20/h3-7,10H,1-2,8-9H2,(H,17,21). The summed E-state index contributed by atoms with van der Waals surface area (Å²) in [6.07, 6.45) is 2.31. The molecule has 0 aliphatic carbocycles. The second-order valence-corrected chi connectivity index (χ2v) is 4.94. The van der Waals surface area contributed by atoms with Gasteiger partial charge in [-0.05, 0) is 43.2 Å². The van der Waals surface area contributed by atoms with Gasteiger partial charge in [0.05, 0.1) is 0 Å². The molecule has 1 aromatic heterocycles. The van der Waals surface area contributed by atoms with Gasteiger partial charge in [-0.3, -0.25) is 4.79 Å². The summed E-state index contributed by atoms with van der Waals surface area (Å²) in [5, 5.41) is 10.6. The zero-order valence-electron chi connectivity index (χ0n) is 11.4. The van der Waals surface area contributed by atoms with Crippen molar-refractivity contribution in [1.29, 1.82) is 0 Å². The van der Waals surface area contributed by atoms with Crippen molar-refractivity contribution in [3.05, 3.63) is 47.9 Å². The molecule has 1 aromatic carbocycles. The van der Waals surface area contributed by atoms with E-state index in [4.69, 9.17) is 0 Å². The fraction of sp³-hybridized carbons (Fsp3) is 0.267. The Morgan fingerprint density at radius 3 is 2.62 bits per heavy atom. The summed E-state index contributed by atoms with van der Waals surface area (Å²) in [5.74, 6) is -0.0147. The number of rotatable bonds is 3. The molecule has 1 saturated heterocycles. The van der Waals surface area contributed by atoms with Crippen LogP contribution < -0.4 is 10.2 Å². The van der Waals surface area contributed by atoms with Crippen LogP contribution in [0.25, 0.3) is 0 Å². The third-order valence-corrected chi connectivity index (χ3v) is 3.40. The number of aromatic nitrogens is 2. The van der Waals surface area contributed by atoms with Gasteiger partial charge in [0.15, 0.2) is 11.5 Å². The van der Waals surface area contributed by atoms with Crippen molar-refractivity contribution in [1.82, 2.24) is 10.2 Å². The van der Waals surface area contributed by atoms with Crippen LogP contribution in [0.4, 0.5) is 15.9 Å². The summed E-state index contributed by atoms with van der Waals surface area (Å²) < 4.78 is 13.1. The summed E-state index contributed by atoms with van der Waals surface area (Å²) >= 11 is 0. The molecule has 0 bridgehead atoms.